The van der Waals surface area contributed by atoms with Gasteiger partial charge in [-0.25, -0.2) is 18.4 Å². The molecule has 6 nitrogen and oxygen atoms in total. The number of rotatable bonds is 7. The molecule has 0 aliphatic carbocycles. The fourth-order valence-corrected chi connectivity index (χ4v) is 3.32. The standard InChI is InChI=1S/C13H18N4O2S2/c1-3-14-6-11-4-5-13(15-7-11)21(18,19)17(2)8-12-9-20-10-16-12/h4-5,7,9-10,14H,3,6,8H2,1-2H3. The quantitative estimate of drug-likeness (QED) is 0.834. The lowest BCUT2D eigenvalue weighted by molar-refractivity contribution is 0.460. The Hall–Kier alpha value is -1.35. The zero-order chi connectivity index (χ0) is 15.3. The first kappa shape index (κ1) is 16.0. The Morgan fingerprint density at radius 1 is 1.33 bits per heavy atom. The molecule has 8 heteroatoms. The Bertz CT molecular complexity index is 654. The summed E-state index contributed by atoms with van der Waals surface area (Å²) in [7, 11) is -2.06. The number of aromatic nitrogens is 2. The van der Waals surface area contributed by atoms with Gasteiger partial charge in [-0.3, -0.25) is 0 Å². The van der Waals surface area contributed by atoms with Gasteiger partial charge in [0.25, 0.3) is 10.0 Å². The largest absolute Gasteiger partial charge is 0.313 e. The summed E-state index contributed by atoms with van der Waals surface area (Å²) in [5, 5.41) is 5.06. The first-order chi connectivity index (χ1) is 10.0. The van der Waals surface area contributed by atoms with Gasteiger partial charge in [0.2, 0.25) is 0 Å². The maximum absolute atomic E-state index is 12.4. The molecule has 0 amide bonds. The van der Waals surface area contributed by atoms with Crippen LogP contribution < -0.4 is 5.32 Å². The van der Waals surface area contributed by atoms with Crippen molar-refractivity contribution in [2.75, 3.05) is 13.6 Å². The zero-order valence-corrected chi connectivity index (χ0v) is 13.6. The zero-order valence-electron chi connectivity index (χ0n) is 12.0. The van der Waals surface area contributed by atoms with E-state index in [0.29, 0.717) is 6.54 Å². The van der Waals surface area contributed by atoms with Crippen molar-refractivity contribution >= 4 is 21.4 Å². The average Bonchev–Trinajstić information content (AvgIpc) is 2.98. The number of thiazole rings is 1. The summed E-state index contributed by atoms with van der Waals surface area (Å²) in [5.41, 5.74) is 3.37. The number of pyridine rings is 1. The molecule has 2 aromatic heterocycles. The van der Waals surface area contributed by atoms with Crippen LogP contribution in [0.3, 0.4) is 0 Å². The lowest BCUT2D eigenvalue weighted by Crippen LogP contribution is -2.27. The number of sulfonamides is 1. The summed E-state index contributed by atoms with van der Waals surface area (Å²) in [6.07, 6.45) is 1.59. The minimum Gasteiger partial charge on any atom is -0.313 e. The van der Waals surface area contributed by atoms with E-state index in [1.807, 2.05) is 12.3 Å². The minimum atomic E-state index is -3.59. The van der Waals surface area contributed by atoms with Crippen LogP contribution in [0.25, 0.3) is 0 Å². The van der Waals surface area contributed by atoms with Gasteiger partial charge in [-0.05, 0) is 18.2 Å². The molecule has 0 aromatic carbocycles. The van der Waals surface area contributed by atoms with Gasteiger partial charge < -0.3 is 5.32 Å². The van der Waals surface area contributed by atoms with Crippen molar-refractivity contribution in [2.45, 2.75) is 25.0 Å². The van der Waals surface area contributed by atoms with Crippen molar-refractivity contribution in [2.24, 2.45) is 0 Å². The van der Waals surface area contributed by atoms with Crippen molar-refractivity contribution in [1.82, 2.24) is 19.6 Å². The van der Waals surface area contributed by atoms with Gasteiger partial charge in [0.15, 0.2) is 5.03 Å². The van der Waals surface area contributed by atoms with E-state index < -0.39 is 10.0 Å². The summed E-state index contributed by atoms with van der Waals surface area (Å²) in [5.74, 6) is 0. The maximum atomic E-state index is 12.4. The number of nitrogens with zero attached hydrogens (tertiary/aromatic N) is 3. The normalized spacial score (nSPS) is 12.0. The van der Waals surface area contributed by atoms with Gasteiger partial charge in [0.1, 0.15) is 0 Å². The molecule has 0 radical (unpaired) electrons. The molecular weight excluding hydrogens is 308 g/mol. The first-order valence-corrected chi connectivity index (χ1v) is 8.91. The van der Waals surface area contributed by atoms with Crippen molar-refractivity contribution in [3.05, 3.63) is 40.5 Å². The van der Waals surface area contributed by atoms with E-state index in [0.717, 1.165) is 17.8 Å². The Kier molecular flexibility index (Phi) is 5.40. The SMILES string of the molecule is CCNCc1ccc(S(=O)(=O)N(C)Cc2cscn2)nc1. The van der Waals surface area contributed by atoms with E-state index in [2.05, 4.69) is 15.3 Å². The molecule has 2 rings (SSSR count). The van der Waals surface area contributed by atoms with Crippen LogP contribution in [0.5, 0.6) is 0 Å². The maximum Gasteiger partial charge on any atom is 0.260 e. The molecule has 0 bridgehead atoms. The molecule has 114 valence electrons. The smallest absolute Gasteiger partial charge is 0.260 e. The molecule has 0 saturated heterocycles. The van der Waals surface area contributed by atoms with Crippen LogP contribution in [0.1, 0.15) is 18.2 Å². The van der Waals surface area contributed by atoms with Gasteiger partial charge in [0.05, 0.1) is 17.7 Å². The number of hydrogen-bond acceptors (Lipinski definition) is 6. The summed E-state index contributed by atoms with van der Waals surface area (Å²) >= 11 is 1.44. The second-order valence-corrected chi connectivity index (χ2v) is 7.24. The highest BCUT2D eigenvalue weighted by Gasteiger charge is 2.22. The summed E-state index contributed by atoms with van der Waals surface area (Å²) < 4.78 is 26.1. The van der Waals surface area contributed by atoms with Crippen molar-refractivity contribution < 1.29 is 8.42 Å². The van der Waals surface area contributed by atoms with Crippen LogP contribution in [0.15, 0.2) is 34.2 Å². The Balaban J connectivity index is 2.11. The lowest BCUT2D eigenvalue weighted by atomic mass is 10.3. The Labute approximate surface area is 128 Å². The van der Waals surface area contributed by atoms with Crippen molar-refractivity contribution in [3.8, 4) is 0 Å². The van der Waals surface area contributed by atoms with Crippen LogP contribution in [0.2, 0.25) is 0 Å². The van der Waals surface area contributed by atoms with E-state index in [-0.39, 0.29) is 11.6 Å². The lowest BCUT2D eigenvalue weighted by Gasteiger charge is -2.15. The third kappa shape index (κ3) is 4.07. The molecule has 0 spiro atoms. The second-order valence-electron chi connectivity index (χ2n) is 4.53. The molecule has 0 atom stereocenters. The third-order valence-electron chi connectivity index (χ3n) is 2.92. The van der Waals surface area contributed by atoms with E-state index in [1.54, 1.807) is 23.8 Å². The summed E-state index contributed by atoms with van der Waals surface area (Å²) in [6, 6.07) is 3.32. The average molecular weight is 326 g/mol. The molecule has 0 unspecified atom stereocenters. The summed E-state index contributed by atoms with van der Waals surface area (Å²) in [4.78, 5) is 8.16. The first-order valence-electron chi connectivity index (χ1n) is 6.53. The predicted molar refractivity (Wildman–Crippen MR) is 82.4 cm³/mol. The van der Waals surface area contributed by atoms with Gasteiger partial charge in [-0.2, -0.15) is 4.31 Å². The highest BCUT2D eigenvalue weighted by atomic mass is 32.2. The fraction of sp³-hybridized carbons (Fsp3) is 0.385. The molecular formula is C13H18N4O2S2. The molecule has 1 N–H and O–H groups in total. The number of nitrogens with one attached hydrogen (secondary N) is 1. The van der Waals surface area contributed by atoms with Crippen LogP contribution in [0.4, 0.5) is 0 Å². The molecule has 2 aromatic rings. The van der Waals surface area contributed by atoms with Crippen LogP contribution >= 0.6 is 11.3 Å². The van der Waals surface area contributed by atoms with E-state index in [1.165, 1.54) is 22.7 Å². The summed E-state index contributed by atoms with van der Waals surface area (Å²) in [6.45, 7) is 3.79. The number of hydrogen-bond donors (Lipinski definition) is 1. The van der Waals surface area contributed by atoms with Gasteiger partial charge >= 0.3 is 0 Å². The fourth-order valence-electron chi connectivity index (χ4n) is 1.73. The Morgan fingerprint density at radius 3 is 2.71 bits per heavy atom. The van der Waals surface area contributed by atoms with E-state index in [9.17, 15) is 8.42 Å². The van der Waals surface area contributed by atoms with E-state index in [4.69, 9.17) is 0 Å². The third-order valence-corrected chi connectivity index (χ3v) is 5.27. The molecule has 21 heavy (non-hydrogen) atoms. The van der Waals surface area contributed by atoms with Gasteiger partial charge in [0, 0.05) is 25.2 Å². The van der Waals surface area contributed by atoms with Crippen molar-refractivity contribution in [3.63, 3.8) is 0 Å². The Morgan fingerprint density at radius 2 is 2.14 bits per heavy atom. The van der Waals surface area contributed by atoms with E-state index >= 15 is 0 Å². The minimum absolute atomic E-state index is 0.0560. The molecule has 0 saturated carbocycles. The van der Waals surface area contributed by atoms with Gasteiger partial charge in [-0.15, -0.1) is 11.3 Å². The predicted octanol–water partition coefficient (Wildman–Crippen LogP) is 1.47. The molecule has 0 fully saturated rings. The molecule has 0 aliphatic heterocycles. The van der Waals surface area contributed by atoms with Gasteiger partial charge in [-0.1, -0.05) is 13.0 Å². The van der Waals surface area contributed by atoms with Crippen LogP contribution in [-0.4, -0.2) is 36.3 Å². The highest BCUT2D eigenvalue weighted by molar-refractivity contribution is 7.89. The monoisotopic (exact) mass is 326 g/mol. The molecule has 0 aliphatic rings. The topological polar surface area (TPSA) is 75.2 Å². The second kappa shape index (κ2) is 7.08. The van der Waals surface area contributed by atoms with Crippen LogP contribution in [0, 0.1) is 0 Å². The molecule has 2 heterocycles. The van der Waals surface area contributed by atoms with Crippen LogP contribution in [-0.2, 0) is 23.1 Å². The van der Waals surface area contributed by atoms with Crippen molar-refractivity contribution in [1.29, 1.82) is 0 Å². The highest BCUT2D eigenvalue weighted by Crippen LogP contribution is 2.15.